The molecule has 28 heavy (non-hydrogen) atoms. The second-order valence-electron chi connectivity index (χ2n) is 5.77. The molecule has 3 rings (SSSR count). The molecule has 0 saturated carbocycles. The number of methoxy groups -OCH3 is 2. The van der Waals surface area contributed by atoms with Crippen molar-refractivity contribution in [1.82, 2.24) is 4.90 Å². The number of thioether (sulfide) groups is 1. The van der Waals surface area contributed by atoms with Gasteiger partial charge in [0, 0.05) is 12.6 Å². The molecule has 2 aromatic rings. The van der Waals surface area contributed by atoms with Crippen LogP contribution in [0.2, 0.25) is 0 Å². The number of nitrogens with zero attached hydrogens (tertiary/aromatic N) is 2. The SMILES string of the molecule is COc1cccc(/C=C2\SC(=Nc3ccccc3C(=O)O)N(C)C2=O)c1OC. The third-order valence-electron chi connectivity index (χ3n) is 4.07. The van der Waals surface area contributed by atoms with Crippen LogP contribution in [0.25, 0.3) is 6.08 Å². The molecule has 1 N–H and O–H groups in total. The molecule has 1 aliphatic heterocycles. The molecule has 0 unspecified atom stereocenters. The molecule has 1 heterocycles. The minimum atomic E-state index is -1.08. The Kier molecular flexibility index (Phi) is 5.70. The zero-order chi connectivity index (χ0) is 20.3. The van der Waals surface area contributed by atoms with Crippen molar-refractivity contribution in [1.29, 1.82) is 0 Å². The monoisotopic (exact) mass is 398 g/mol. The summed E-state index contributed by atoms with van der Waals surface area (Å²) in [5, 5.41) is 9.71. The van der Waals surface area contributed by atoms with Gasteiger partial charge >= 0.3 is 5.97 Å². The highest BCUT2D eigenvalue weighted by molar-refractivity contribution is 8.18. The van der Waals surface area contributed by atoms with Gasteiger partial charge in [-0.2, -0.15) is 0 Å². The zero-order valence-corrected chi connectivity index (χ0v) is 16.3. The molecule has 1 aliphatic rings. The van der Waals surface area contributed by atoms with Crippen LogP contribution in [-0.2, 0) is 4.79 Å². The standard InChI is InChI=1S/C20H18N2O5S/c1-22-18(23)16(11-12-7-6-10-15(26-2)17(12)27-3)28-20(22)21-14-9-5-4-8-13(14)19(24)25/h4-11H,1-3H3,(H,24,25)/b16-11-,21-20?. The summed E-state index contributed by atoms with van der Waals surface area (Å²) in [6, 6.07) is 11.8. The van der Waals surface area contributed by atoms with E-state index in [0.717, 1.165) is 0 Å². The van der Waals surface area contributed by atoms with Crippen molar-refractivity contribution < 1.29 is 24.2 Å². The van der Waals surface area contributed by atoms with Crippen LogP contribution in [-0.4, -0.2) is 48.3 Å². The summed E-state index contributed by atoms with van der Waals surface area (Å²) in [5.74, 6) is -0.227. The lowest BCUT2D eigenvalue weighted by Crippen LogP contribution is -2.23. The minimum Gasteiger partial charge on any atom is -0.493 e. The lowest BCUT2D eigenvalue weighted by Gasteiger charge is -2.10. The van der Waals surface area contributed by atoms with E-state index in [0.29, 0.717) is 27.1 Å². The molecular weight excluding hydrogens is 380 g/mol. The molecule has 1 amide bonds. The lowest BCUT2D eigenvalue weighted by molar-refractivity contribution is -0.121. The largest absolute Gasteiger partial charge is 0.493 e. The van der Waals surface area contributed by atoms with E-state index in [4.69, 9.17) is 9.47 Å². The molecule has 8 heteroatoms. The summed E-state index contributed by atoms with van der Waals surface area (Å²) >= 11 is 1.17. The number of benzene rings is 2. The van der Waals surface area contributed by atoms with Gasteiger partial charge in [-0.05, 0) is 36.0 Å². The van der Waals surface area contributed by atoms with Crippen LogP contribution in [0.4, 0.5) is 5.69 Å². The number of amides is 1. The van der Waals surface area contributed by atoms with Gasteiger partial charge < -0.3 is 14.6 Å². The van der Waals surface area contributed by atoms with Crippen molar-refractivity contribution in [3.05, 3.63) is 58.5 Å². The number of aliphatic imine (C=N–C) groups is 1. The first kappa shape index (κ1) is 19.5. The maximum atomic E-state index is 12.7. The average molecular weight is 398 g/mol. The van der Waals surface area contributed by atoms with E-state index in [2.05, 4.69) is 4.99 Å². The van der Waals surface area contributed by atoms with E-state index in [1.807, 2.05) is 6.07 Å². The molecule has 0 spiro atoms. The van der Waals surface area contributed by atoms with E-state index in [1.165, 1.54) is 29.8 Å². The third-order valence-corrected chi connectivity index (χ3v) is 5.13. The summed E-state index contributed by atoms with van der Waals surface area (Å²) < 4.78 is 10.7. The first-order chi connectivity index (χ1) is 13.5. The topological polar surface area (TPSA) is 88.4 Å². The van der Waals surface area contributed by atoms with E-state index < -0.39 is 5.97 Å². The van der Waals surface area contributed by atoms with Gasteiger partial charge in [-0.25, -0.2) is 9.79 Å². The Morgan fingerprint density at radius 2 is 1.89 bits per heavy atom. The lowest BCUT2D eigenvalue weighted by atomic mass is 10.1. The summed E-state index contributed by atoms with van der Waals surface area (Å²) in [6.07, 6.45) is 1.70. The van der Waals surface area contributed by atoms with Gasteiger partial charge in [0.15, 0.2) is 16.7 Å². The van der Waals surface area contributed by atoms with Crippen molar-refractivity contribution in [3.63, 3.8) is 0 Å². The van der Waals surface area contributed by atoms with Crippen LogP contribution in [0.1, 0.15) is 15.9 Å². The summed E-state index contributed by atoms with van der Waals surface area (Å²) in [7, 11) is 4.68. The van der Waals surface area contributed by atoms with Gasteiger partial charge in [0.05, 0.1) is 30.4 Å². The number of aromatic carboxylic acids is 1. The van der Waals surface area contributed by atoms with E-state index >= 15 is 0 Å². The van der Waals surface area contributed by atoms with Gasteiger partial charge in [-0.3, -0.25) is 9.69 Å². The normalized spacial score (nSPS) is 16.7. The quantitative estimate of drug-likeness (QED) is 0.774. The van der Waals surface area contributed by atoms with Gasteiger partial charge in [0.2, 0.25) is 0 Å². The molecular formula is C20H18N2O5S. The number of ether oxygens (including phenoxy) is 2. The fraction of sp³-hybridized carbons (Fsp3) is 0.150. The van der Waals surface area contributed by atoms with Gasteiger partial charge in [-0.1, -0.05) is 24.3 Å². The number of hydrogen-bond donors (Lipinski definition) is 1. The van der Waals surface area contributed by atoms with Crippen molar-refractivity contribution in [2.75, 3.05) is 21.3 Å². The molecule has 7 nitrogen and oxygen atoms in total. The third kappa shape index (κ3) is 3.72. The van der Waals surface area contributed by atoms with E-state index in [1.54, 1.807) is 50.6 Å². The van der Waals surface area contributed by atoms with Gasteiger partial charge in [0.25, 0.3) is 5.91 Å². The van der Waals surface area contributed by atoms with Crippen LogP contribution >= 0.6 is 11.8 Å². The predicted molar refractivity (Wildman–Crippen MR) is 108 cm³/mol. The zero-order valence-electron chi connectivity index (χ0n) is 15.5. The number of carboxylic acid groups (broad SMARTS) is 1. The van der Waals surface area contributed by atoms with Crippen molar-refractivity contribution in [2.24, 2.45) is 4.99 Å². The van der Waals surface area contributed by atoms with Gasteiger partial charge in [-0.15, -0.1) is 0 Å². The highest BCUT2D eigenvalue weighted by atomic mass is 32.2. The molecule has 1 fully saturated rings. The first-order valence-electron chi connectivity index (χ1n) is 8.26. The highest BCUT2D eigenvalue weighted by Gasteiger charge is 2.31. The van der Waals surface area contributed by atoms with Crippen molar-refractivity contribution in [2.45, 2.75) is 0 Å². The van der Waals surface area contributed by atoms with E-state index in [9.17, 15) is 14.7 Å². The second-order valence-corrected chi connectivity index (χ2v) is 6.78. The first-order valence-corrected chi connectivity index (χ1v) is 9.07. The molecule has 2 aromatic carbocycles. The highest BCUT2D eigenvalue weighted by Crippen LogP contribution is 2.37. The molecule has 0 aliphatic carbocycles. The molecule has 1 saturated heterocycles. The Bertz CT molecular complexity index is 1000. The summed E-state index contributed by atoms with van der Waals surface area (Å²) in [5.41, 5.74) is 1.05. The molecule has 0 atom stereocenters. The number of carboxylic acids is 1. The van der Waals surface area contributed by atoms with Crippen molar-refractivity contribution in [3.8, 4) is 11.5 Å². The number of carbonyl (C=O) groups is 2. The number of amidine groups is 1. The number of para-hydroxylation sites is 2. The summed E-state index contributed by atoms with van der Waals surface area (Å²) in [4.78, 5) is 30.3. The molecule has 144 valence electrons. The number of carbonyl (C=O) groups excluding carboxylic acids is 1. The molecule has 0 aromatic heterocycles. The Morgan fingerprint density at radius 3 is 2.57 bits per heavy atom. The van der Waals surface area contributed by atoms with Crippen LogP contribution < -0.4 is 9.47 Å². The second kappa shape index (κ2) is 8.18. The number of rotatable bonds is 5. The van der Waals surface area contributed by atoms with Crippen LogP contribution in [0, 0.1) is 0 Å². The molecule has 0 bridgehead atoms. The summed E-state index contributed by atoms with van der Waals surface area (Å²) in [6.45, 7) is 0. The Labute approximate surface area is 166 Å². The van der Waals surface area contributed by atoms with Crippen molar-refractivity contribution >= 4 is 40.6 Å². The van der Waals surface area contributed by atoms with Crippen LogP contribution in [0.5, 0.6) is 11.5 Å². The number of hydrogen-bond acceptors (Lipinski definition) is 6. The van der Waals surface area contributed by atoms with Gasteiger partial charge in [0.1, 0.15) is 0 Å². The smallest absolute Gasteiger partial charge is 0.337 e. The Balaban J connectivity index is 1.99. The Hall–Kier alpha value is -3.26. The predicted octanol–water partition coefficient (Wildman–Crippen LogP) is 3.64. The van der Waals surface area contributed by atoms with Crippen LogP contribution in [0.3, 0.4) is 0 Å². The fourth-order valence-corrected chi connectivity index (χ4v) is 3.64. The minimum absolute atomic E-state index is 0.0725. The Morgan fingerprint density at radius 1 is 1.14 bits per heavy atom. The maximum absolute atomic E-state index is 12.7. The average Bonchev–Trinajstić information content (AvgIpc) is 2.95. The van der Waals surface area contributed by atoms with Crippen LogP contribution in [0.15, 0.2) is 52.4 Å². The van der Waals surface area contributed by atoms with E-state index in [-0.39, 0.29) is 17.2 Å². The molecule has 0 radical (unpaired) electrons. The number of likely N-dealkylation sites (N-methyl/N-ethyl adjacent to an activating group) is 1. The maximum Gasteiger partial charge on any atom is 0.337 e. The fourth-order valence-electron chi connectivity index (χ4n) is 2.67.